The van der Waals surface area contributed by atoms with Crippen LogP contribution in [-0.2, 0) is 4.79 Å². The van der Waals surface area contributed by atoms with Crippen molar-refractivity contribution in [3.63, 3.8) is 0 Å². The van der Waals surface area contributed by atoms with Gasteiger partial charge in [0, 0.05) is 5.56 Å². The zero-order valence-electron chi connectivity index (χ0n) is 12.7. The van der Waals surface area contributed by atoms with Crippen molar-refractivity contribution < 1.29 is 14.7 Å². The van der Waals surface area contributed by atoms with E-state index in [0.717, 1.165) is 24.1 Å². The monoisotopic (exact) mass is 313 g/mol. The molecule has 1 fully saturated rings. The Balaban J connectivity index is 1.99. The number of nitrogens with one attached hydrogen (secondary N) is 1. The van der Waals surface area contributed by atoms with Crippen molar-refractivity contribution >= 4 is 11.9 Å². The fourth-order valence-electron chi connectivity index (χ4n) is 3.09. The molecule has 0 atom stereocenters. The fraction of sp³-hybridized carbons (Fsp3) is 0.353. The quantitative estimate of drug-likeness (QED) is 0.888. The van der Waals surface area contributed by atoms with Crippen molar-refractivity contribution in [3.8, 4) is 11.3 Å². The Bertz CT molecular complexity index is 703. The van der Waals surface area contributed by atoms with Crippen molar-refractivity contribution in [3.05, 3.63) is 42.1 Å². The van der Waals surface area contributed by atoms with Gasteiger partial charge in [-0.05, 0) is 12.8 Å². The third kappa shape index (κ3) is 3.26. The van der Waals surface area contributed by atoms with Crippen LogP contribution in [0.3, 0.4) is 0 Å². The molecular formula is C17H19N3O3. The van der Waals surface area contributed by atoms with Crippen LogP contribution < -0.4 is 5.32 Å². The van der Waals surface area contributed by atoms with E-state index in [0.29, 0.717) is 11.6 Å². The molecule has 0 bridgehead atoms. The molecule has 1 aromatic carbocycles. The lowest BCUT2D eigenvalue weighted by molar-refractivity contribution is -0.135. The highest BCUT2D eigenvalue weighted by molar-refractivity contribution is 6.01. The van der Waals surface area contributed by atoms with Gasteiger partial charge in [0.2, 0.25) is 0 Å². The van der Waals surface area contributed by atoms with Crippen LogP contribution >= 0.6 is 0 Å². The summed E-state index contributed by atoms with van der Waals surface area (Å²) in [5.74, 6) is -1.47. The number of benzene rings is 1. The number of nitrogens with zero attached hydrogens (tertiary/aromatic N) is 2. The molecule has 0 spiro atoms. The Hall–Kier alpha value is -2.63. The molecule has 0 aliphatic heterocycles. The molecule has 3 rings (SSSR count). The minimum absolute atomic E-state index is 0.297. The summed E-state index contributed by atoms with van der Waals surface area (Å²) in [6.45, 7) is -0.401. The predicted octanol–water partition coefficient (Wildman–Crippen LogP) is 2.48. The smallest absolute Gasteiger partial charge is 0.322 e. The average molecular weight is 313 g/mol. The van der Waals surface area contributed by atoms with Gasteiger partial charge in [0.15, 0.2) is 0 Å². The van der Waals surface area contributed by atoms with E-state index in [1.54, 1.807) is 0 Å². The highest BCUT2D eigenvalue weighted by Crippen LogP contribution is 2.34. The number of carbonyl (C=O) groups is 2. The molecule has 0 unspecified atom stereocenters. The fourth-order valence-corrected chi connectivity index (χ4v) is 3.09. The molecule has 6 nitrogen and oxygen atoms in total. The molecule has 0 radical (unpaired) electrons. The van der Waals surface area contributed by atoms with Crippen LogP contribution in [0.1, 0.15) is 42.1 Å². The Morgan fingerprint density at radius 2 is 1.91 bits per heavy atom. The zero-order valence-corrected chi connectivity index (χ0v) is 12.7. The van der Waals surface area contributed by atoms with Crippen LogP contribution in [0.15, 0.2) is 36.5 Å². The van der Waals surface area contributed by atoms with Crippen LogP contribution in [0.5, 0.6) is 0 Å². The standard InChI is InChI=1S/C17H19N3O3/c21-15(22)11-18-17(23)14-10-19-20(13-8-4-5-9-13)16(14)12-6-2-1-3-7-12/h1-3,6-7,10,13H,4-5,8-9,11H2,(H,18,23)(H,21,22). The first kappa shape index (κ1) is 15.3. The maximum absolute atomic E-state index is 12.3. The van der Waals surface area contributed by atoms with Gasteiger partial charge in [-0.15, -0.1) is 0 Å². The Kier molecular flexibility index (Phi) is 4.41. The number of carboxylic acid groups (broad SMARTS) is 1. The largest absolute Gasteiger partial charge is 0.480 e. The lowest BCUT2D eigenvalue weighted by Crippen LogP contribution is -2.29. The third-order valence-electron chi connectivity index (χ3n) is 4.16. The molecule has 120 valence electrons. The molecule has 1 aromatic heterocycles. The molecule has 0 saturated heterocycles. The number of carbonyl (C=O) groups excluding carboxylic acids is 1. The maximum Gasteiger partial charge on any atom is 0.322 e. The van der Waals surface area contributed by atoms with Gasteiger partial charge in [-0.2, -0.15) is 5.10 Å². The van der Waals surface area contributed by atoms with Gasteiger partial charge in [0.05, 0.1) is 23.5 Å². The van der Waals surface area contributed by atoms with Gasteiger partial charge in [0.25, 0.3) is 5.91 Å². The van der Waals surface area contributed by atoms with Crippen LogP contribution in [0.2, 0.25) is 0 Å². The number of aromatic nitrogens is 2. The lowest BCUT2D eigenvalue weighted by atomic mass is 10.1. The molecule has 1 amide bonds. The first-order valence-electron chi connectivity index (χ1n) is 7.79. The summed E-state index contributed by atoms with van der Waals surface area (Å²) in [7, 11) is 0. The first-order chi connectivity index (χ1) is 11.2. The topological polar surface area (TPSA) is 84.2 Å². The minimum atomic E-state index is -1.07. The highest BCUT2D eigenvalue weighted by Gasteiger charge is 2.25. The Labute approximate surface area is 134 Å². The van der Waals surface area contributed by atoms with E-state index in [4.69, 9.17) is 5.11 Å². The van der Waals surface area contributed by atoms with Gasteiger partial charge >= 0.3 is 5.97 Å². The SMILES string of the molecule is O=C(O)CNC(=O)c1cnn(C2CCCC2)c1-c1ccccc1. The number of hydrogen-bond acceptors (Lipinski definition) is 3. The number of hydrogen-bond donors (Lipinski definition) is 2. The summed E-state index contributed by atoms with van der Waals surface area (Å²) >= 11 is 0. The second-order valence-electron chi connectivity index (χ2n) is 5.73. The summed E-state index contributed by atoms with van der Waals surface area (Å²) in [6, 6.07) is 9.93. The van der Waals surface area contributed by atoms with Crippen molar-refractivity contribution in [2.45, 2.75) is 31.7 Å². The maximum atomic E-state index is 12.3. The second kappa shape index (κ2) is 6.64. The number of aliphatic carboxylic acids is 1. The van der Waals surface area contributed by atoms with Gasteiger partial charge in [-0.3, -0.25) is 14.3 Å². The average Bonchev–Trinajstić information content (AvgIpc) is 3.22. The van der Waals surface area contributed by atoms with E-state index in [2.05, 4.69) is 10.4 Å². The van der Waals surface area contributed by atoms with Crippen LogP contribution in [0.25, 0.3) is 11.3 Å². The summed E-state index contributed by atoms with van der Waals surface area (Å²) in [4.78, 5) is 23.0. The van der Waals surface area contributed by atoms with E-state index >= 15 is 0 Å². The van der Waals surface area contributed by atoms with Gasteiger partial charge in [0.1, 0.15) is 6.54 Å². The first-order valence-corrected chi connectivity index (χ1v) is 7.79. The predicted molar refractivity (Wildman–Crippen MR) is 85.1 cm³/mol. The molecule has 1 saturated carbocycles. The van der Waals surface area contributed by atoms with Gasteiger partial charge in [-0.25, -0.2) is 0 Å². The summed E-state index contributed by atoms with van der Waals surface area (Å²) < 4.78 is 1.93. The second-order valence-corrected chi connectivity index (χ2v) is 5.73. The van der Waals surface area contributed by atoms with Crippen LogP contribution in [0.4, 0.5) is 0 Å². The highest BCUT2D eigenvalue weighted by atomic mass is 16.4. The van der Waals surface area contributed by atoms with Gasteiger partial charge < -0.3 is 10.4 Å². The molecule has 1 aliphatic rings. The van der Waals surface area contributed by atoms with E-state index < -0.39 is 18.4 Å². The van der Waals surface area contributed by atoms with E-state index in [1.807, 2.05) is 35.0 Å². The molecule has 23 heavy (non-hydrogen) atoms. The zero-order chi connectivity index (χ0) is 16.2. The number of rotatable bonds is 5. The van der Waals surface area contributed by atoms with E-state index in [-0.39, 0.29) is 0 Å². The van der Waals surface area contributed by atoms with Crippen LogP contribution in [0, 0.1) is 0 Å². The minimum Gasteiger partial charge on any atom is -0.480 e. The summed E-state index contributed by atoms with van der Waals surface area (Å²) in [6.07, 6.45) is 5.98. The molecular weight excluding hydrogens is 294 g/mol. The number of amides is 1. The molecule has 6 heteroatoms. The summed E-state index contributed by atoms with van der Waals surface area (Å²) in [5, 5.41) is 15.6. The molecule has 1 aliphatic carbocycles. The van der Waals surface area contributed by atoms with E-state index in [9.17, 15) is 9.59 Å². The van der Waals surface area contributed by atoms with E-state index in [1.165, 1.54) is 19.0 Å². The summed E-state index contributed by atoms with van der Waals surface area (Å²) in [5.41, 5.74) is 2.10. The Morgan fingerprint density at radius 1 is 1.22 bits per heavy atom. The molecule has 1 heterocycles. The van der Waals surface area contributed by atoms with Crippen molar-refractivity contribution in [1.29, 1.82) is 0 Å². The van der Waals surface area contributed by atoms with Crippen molar-refractivity contribution in [2.75, 3.05) is 6.54 Å². The lowest BCUT2D eigenvalue weighted by Gasteiger charge is -2.15. The van der Waals surface area contributed by atoms with Crippen LogP contribution in [-0.4, -0.2) is 33.3 Å². The number of carboxylic acids is 1. The van der Waals surface area contributed by atoms with Crippen molar-refractivity contribution in [1.82, 2.24) is 15.1 Å². The van der Waals surface area contributed by atoms with Gasteiger partial charge in [-0.1, -0.05) is 43.2 Å². The molecule has 2 N–H and O–H groups in total. The normalized spacial score (nSPS) is 14.8. The van der Waals surface area contributed by atoms with Crippen molar-refractivity contribution in [2.24, 2.45) is 0 Å². The Morgan fingerprint density at radius 3 is 2.57 bits per heavy atom. The molecule has 2 aromatic rings. The third-order valence-corrected chi connectivity index (χ3v) is 4.16.